The van der Waals surface area contributed by atoms with E-state index >= 15 is 0 Å². The molecule has 2 aromatic carbocycles. The van der Waals surface area contributed by atoms with Crippen LogP contribution in [0, 0.1) is 0 Å². The summed E-state index contributed by atoms with van der Waals surface area (Å²) in [6.07, 6.45) is 6.57. The minimum absolute atomic E-state index is 0.176. The van der Waals surface area contributed by atoms with E-state index in [9.17, 15) is 8.42 Å². The Bertz CT molecular complexity index is 1230. The molecule has 10 heteroatoms. The molecule has 2 aromatic heterocycles. The maximum absolute atomic E-state index is 12.6. The normalized spacial score (nSPS) is 11.2. The molecule has 0 aliphatic rings. The summed E-state index contributed by atoms with van der Waals surface area (Å²) >= 11 is 3.27. The van der Waals surface area contributed by atoms with Crippen LogP contribution in [0.5, 0.6) is 0 Å². The van der Waals surface area contributed by atoms with Gasteiger partial charge < -0.3 is 5.32 Å². The van der Waals surface area contributed by atoms with Crippen LogP contribution in [0.1, 0.15) is 0 Å². The fraction of sp³-hybridized carbons (Fsp3) is 0. The van der Waals surface area contributed by atoms with Crippen molar-refractivity contribution in [2.75, 3.05) is 10.0 Å². The minimum atomic E-state index is -3.69. The molecule has 0 fully saturated rings. The van der Waals surface area contributed by atoms with E-state index in [-0.39, 0.29) is 4.90 Å². The molecule has 8 nitrogen and oxygen atoms in total. The Morgan fingerprint density at radius 1 is 0.966 bits per heavy atom. The van der Waals surface area contributed by atoms with Gasteiger partial charge in [-0.25, -0.2) is 23.4 Å². The number of imidazole rings is 1. The molecule has 0 radical (unpaired) electrons. The van der Waals surface area contributed by atoms with E-state index in [0.29, 0.717) is 21.8 Å². The lowest BCUT2D eigenvalue weighted by Crippen LogP contribution is -2.13. The van der Waals surface area contributed by atoms with Crippen LogP contribution in [-0.2, 0) is 10.0 Å². The van der Waals surface area contributed by atoms with Gasteiger partial charge in [0.1, 0.15) is 29.2 Å². The van der Waals surface area contributed by atoms with Gasteiger partial charge in [0.05, 0.1) is 0 Å². The van der Waals surface area contributed by atoms with Crippen molar-refractivity contribution in [3.8, 4) is 5.82 Å². The standard InChI is InChI=1S/C19H15BrN6O2S/c20-16-3-1-2-4-17(16)29(27,28)25-15-7-5-14(6-8-15)24-18-11-19(23-12-22-18)26-10-9-21-13-26/h1-13,25H,(H,22,23,24). The molecule has 146 valence electrons. The molecule has 0 saturated heterocycles. The van der Waals surface area contributed by atoms with Gasteiger partial charge in [-0.3, -0.25) is 9.29 Å². The number of halogens is 1. The molecular formula is C19H15BrN6O2S. The first-order chi connectivity index (χ1) is 14.0. The topological polar surface area (TPSA) is 102 Å². The zero-order chi connectivity index (χ0) is 20.3. The Morgan fingerprint density at radius 3 is 2.45 bits per heavy atom. The molecule has 0 saturated carbocycles. The number of aromatic nitrogens is 4. The number of hydrogen-bond donors (Lipinski definition) is 2. The largest absolute Gasteiger partial charge is 0.340 e. The second kappa shape index (κ2) is 8.02. The second-order valence-electron chi connectivity index (χ2n) is 5.97. The maximum Gasteiger partial charge on any atom is 0.263 e. The predicted molar refractivity (Wildman–Crippen MR) is 114 cm³/mol. The minimum Gasteiger partial charge on any atom is -0.340 e. The lowest BCUT2D eigenvalue weighted by molar-refractivity contribution is 0.601. The van der Waals surface area contributed by atoms with Crippen LogP contribution in [0.2, 0.25) is 0 Å². The quantitative estimate of drug-likeness (QED) is 0.441. The van der Waals surface area contributed by atoms with Crippen molar-refractivity contribution in [2.24, 2.45) is 0 Å². The summed E-state index contributed by atoms with van der Waals surface area (Å²) < 4.78 is 30.0. The molecule has 0 unspecified atom stereocenters. The average molecular weight is 471 g/mol. The first-order valence-electron chi connectivity index (χ1n) is 8.46. The zero-order valence-corrected chi connectivity index (χ0v) is 17.3. The molecule has 2 N–H and O–H groups in total. The summed E-state index contributed by atoms with van der Waals surface area (Å²) in [5, 5.41) is 3.17. The highest BCUT2D eigenvalue weighted by Crippen LogP contribution is 2.25. The number of nitrogens with zero attached hydrogens (tertiary/aromatic N) is 4. The lowest BCUT2D eigenvalue weighted by atomic mass is 10.3. The van der Waals surface area contributed by atoms with Gasteiger partial charge in [-0.1, -0.05) is 12.1 Å². The fourth-order valence-electron chi connectivity index (χ4n) is 2.59. The van der Waals surface area contributed by atoms with Crippen molar-refractivity contribution in [1.82, 2.24) is 19.5 Å². The van der Waals surface area contributed by atoms with Crippen molar-refractivity contribution in [3.05, 3.63) is 84.1 Å². The van der Waals surface area contributed by atoms with Crippen LogP contribution in [0.3, 0.4) is 0 Å². The third kappa shape index (κ3) is 4.44. The highest BCUT2D eigenvalue weighted by Gasteiger charge is 2.17. The van der Waals surface area contributed by atoms with E-state index in [1.165, 1.54) is 12.4 Å². The summed E-state index contributed by atoms with van der Waals surface area (Å²) in [5.74, 6) is 1.28. The van der Waals surface area contributed by atoms with Gasteiger partial charge >= 0.3 is 0 Å². The van der Waals surface area contributed by atoms with E-state index in [0.717, 1.165) is 5.69 Å². The van der Waals surface area contributed by atoms with E-state index in [4.69, 9.17) is 0 Å². The van der Waals surface area contributed by atoms with E-state index in [1.807, 2.05) is 0 Å². The summed E-state index contributed by atoms with van der Waals surface area (Å²) in [4.78, 5) is 12.6. The van der Waals surface area contributed by atoms with Gasteiger partial charge in [0.15, 0.2) is 0 Å². The summed E-state index contributed by atoms with van der Waals surface area (Å²) in [6.45, 7) is 0. The van der Waals surface area contributed by atoms with Crippen molar-refractivity contribution < 1.29 is 8.42 Å². The van der Waals surface area contributed by atoms with Crippen LogP contribution in [0.15, 0.2) is 89.0 Å². The number of hydrogen-bond acceptors (Lipinski definition) is 6. The molecule has 0 bridgehead atoms. The van der Waals surface area contributed by atoms with E-state index in [2.05, 4.69) is 40.9 Å². The Labute approximate surface area is 175 Å². The predicted octanol–water partition coefficient (Wildman–Crippen LogP) is 3.97. The number of benzene rings is 2. The first-order valence-corrected chi connectivity index (χ1v) is 10.7. The summed E-state index contributed by atoms with van der Waals surface area (Å²) in [6, 6.07) is 15.3. The van der Waals surface area contributed by atoms with Gasteiger partial charge in [-0.2, -0.15) is 0 Å². The number of rotatable bonds is 6. The number of anilines is 3. The van der Waals surface area contributed by atoms with Crippen molar-refractivity contribution in [1.29, 1.82) is 0 Å². The third-order valence-corrected chi connectivity index (χ3v) is 6.35. The fourth-order valence-corrected chi connectivity index (χ4v) is 4.66. The molecule has 4 rings (SSSR count). The average Bonchev–Trinajstić information content (AvgIpc) is 3.25. The molecule has 0 amide bonds. The van der Waals surface area contributed by atoms with Crippen LogP contribution in [-0.4, -0.2) is 27.9 Å². The smallest absolute Gasteiger partial charge is 0.263 e. The maximum atomic E-state index is 12.6. The molecular weight excluding hydrogens is 456 g/mol. The van der Waals surface area contributed by atoms with E-state index in [1.54, 1.807) is 71.8 Å². The van der Waals surface area contributed by atoms with Gasteiger partial charge in [0.2, 0.25) is 0 Å². The van der Waals surface area contributed by atoms with Crippen molar-refractivity contribution >= 4 is 43.1 Å². The molecule has 2 heterocycles. The highest BCUT2D eigenvalue weighted by atomic mass is 79.9. The monoisotopic (exact) mass is 470 g/mol. The Hall–Kier alpha value is -3.24. The van der Waals surface area contributed by atoms with Gasteiger partial charge in [-0.15, -0.1) is 0 Å². The highest BCUT2D eigenvalue weighted by molar-refractivity contribution is 9.10. The first kappa shape index (κ1) is 19.1. The Balaban J connectivity index is 1.49. The van der Waals surface area contributed by atoms with Gasteiger partial charge in [0.25, 0.3) is 10.0 Å². The number of sulfonamides is 1. The van der Waals surface area contributed by atoms with Crippen molar-refractivity contribution in [3.63, 3.8) is 0 Å². The number of nitrogens with one attached hydrogen (secondary N) is 2. The molecule has 29 heavy (non-hydrogen) atoms. The SMILES string of the molecule is O=S(=O)(Nc1ccc(Nc2cc(-n3ccnc3)ncn2)cc1)c1ccccc1Br. The van der Waals surface area contributed by atoms with Crippen LogP contribution in [0.25, 0.3) is 5.82 Å². The van der Waals surface area contributed by atoms with Crippen molar-refractivity contribution in [2.45, 2.75) is 4.90 Å². The second-order valence-corrected chi connectivity index (χ2v) is 8.47. The molecule has 0 aliphatic heterocycles. The summed E-state index contributed by atoms with van der Waals surface area (Å²) in [7, 11) is -3.69. The molecule has 0 aliphatic carbocycles. The summed E-state index contributed by atoms with van der Waals surface area (Å²) in [5.41, 5.74) is 1.21. The van der Waals surface area contributed by atoms with Crippen LogP contribution < -0.4 is 10.0 Å². The van der Waals surface area contributed by atoms with Gasteiger partial charge in [0, 0.05) is 34.3 Å². The molecule has 4 aromatic rings. The van der Waals surface area contributed by atoms with Gasteiger partial charge in [-0.05, 0) is 52.3 Å². The van der Waals surface area contributed by atoms with Crippen LogP contribution >= 0.6 is 15.9 Å². The third-order valence-electron chi connectivity index (χ3n) is 3.96. The zero-order valence-electron chi connectivity index (χ0n) is 14.9. The van der Waals surface area contributed by atoms with E-state index < -0.39 is 10.0 Å². The lowest BCUT2D eigenvalue weighted by Gasteiger charge is -2.11. The molecule has 0 atom stereocenters. The van der Waals surface area contributed by atoms with Crippen LogP contribution in [0.4, 0.5) is 17.2 Å². The Morgan fingerprint density at radius 2 is 1.72 bits per heavy atom. The Kier molecular flexibility index (Phi) is 5.28. The molecule has 0 spiro atoms.